The molecule has 1 fully saturated rings. The van der Waals surface area contributed by atoms with E-state index in [0.29, 0.717) is 18.7 Å². The molecule has 1 heterocycles. The standard InChI is InChI=1S/C26H24N2O2/c1-20-24(17-21-11-5-2-6-12-21)25(29)28(19-23-15-9-4-10-16-23)26(30)27(20)18-22-13-7-3-8-14-22/h2-16,24H,1,17-19H2. The Labute approximate surface area is 177 Å². The Morgan fingerprint density at radius 2 is 1.07 bits per heavy atom. The minimum Gasteiger partial charge on any atom is -0.293 e. The van der Waals surface area contributed by atoms with E-state index in [1.165, 1.54) is 4.90 Å². The third-order valence-electron chi connectivity index (χ3n) is 5.42. The van der Waals surface area contributed by atoms with E-state index in [2.05, 4.69) is 6.58 Å². The number of carbonyl (C=O) groups excluding carboxylic acids is 2. The molecule has 3 aromatic rings. The zero-order valence-electron chi connectivity index (χ0n) is 16.8. The smallest absolute Gasteiger partial charge is 0.293 e. The van der Waals surface area contributed by atoms with E-state index in [-0.39, 0.29) is 18.5 Å². The van der Waals surface area contributed by atoms with Crippen LogP contribution >= 0.6 is 0 Å². The number of amides is 3. The molecule has 4 nitrogen and oxygen atoms in total. The average molecular weight is 396 g/mol. The van der Waals surface area contributed by atoms with Crippen molar-refractivity contribution in [2.75, 3.05) is 0 Å². The fourth-order valence-electron chi connectivity index (χ4n) is 3.78. The monoisotopic (exact) mass is 396 g/mol. The van der Waals surface area contributed by atoms with E-state index < -0.39 is 5.92 Å². The Hall–Kier alpha value is -3.66. The first kappa shape index (κ1) is 19.6. The molecule has 1 unspecified atom stereocenters. The van der Waals surface area contributed by atoms with Crippen LogP contribution in [0.2, 0.25) is 0 Å². The Balaban J connectivity index is 1.65. The van der Waals surface area contributed by atoms with Crippen molar-refractivity contribution in [1.29, 1.82) is 0 Å². The zero-order chi connectivity index (χ0) is 20.9. The van der Waals surface area contributed by atoms with E-state index in [9.17, 15) is 9.59 Å². The summed E-state index contributed by atoms with van der Waals surface area (Å²) in [6.45, 7) is 4.81. The average Bonchev–Trinajstić information content (AvgIpc) is 2.79. The van der Waals surface area contributed by atoms with Gasteiger partial charge in [-0.3, -0.25) is 14.6 Å². The van der Waals surface area contributed by atoms with Crippen molar-refractivity contribution < 1.29 is 9.59 Å². The van der Waals surface area contributed by atoms with Crippen molar-refractivity contribution in [3.63, 3.8) is 0 Å². The van der Waals surface area contributed by atoms with Gasteiger partial charge in [0.25, 0.3) is 0 Å². The summed E-state index contributed by atoms with van der Waals surface area (Å²) < 4.78 is 0. The van der Waals surface area contributed by atoms with E-state index in [1.807, 2.05) is 91.0 Å². The molecule has 4 rings (SSSR count). The van der Waals surface area contributed by atoms with Gasteiger partial charge in [0, 0.05) is 5.70 Å². The molecule has 0 N–H and O–H groups in total. The highest BCUT2D eigenvalue weighted by Gasteiger charge is 2.41. The molecule has 0 bridgehead atoms. The third kappa shape index (κ3) is 4.18. The van der Waals surface area contributed by atoms with E-state index in [1.54, 1.807) is 4.90 Å². The van der Waals surface area contributed by atoms with Crippen LogP contribution < -0.4 is 0 Å². The molecular formula is C26H24N2O2. The Bertz CT molecular complexity index is 878. The summed E-state index contributed by atoms with van der Waals surface area (Å²) in [4.78, 5) is 29.7. The van der Waals surface area contributed by atoms with Gasteiger partial charge in [0.05, 0.1) is 19.0 Å². The van der Waals surface area contributed by atoms with Crippen molar-refractivity contribution in [3.8, 4) is 0 Å². The van der Waals surface area contributed by atoms with E-state index in [4.69, 9.17) is 0 Å². The van der Waals surface area contributed by atoms with Crippen LogP contribution in [-0.2, 0) is 24.3 Å². The third-order valence-corrected chi connectivity index (χ3v) is 5.42. The van der Waals surface area contributed by atoms with E-state index >= 15 is 0 Å². The lowest BCUT2D eigenvalue weighted by Gasteiger charge is -2.40. The number of hydrogen-bond donors (Lipinski definition) is 0. The Kier molecular flexibility index (Phi) is 5.75. The molecular weight excluding hydrogens is 372 g/mol. The zero-order valence-corrected chi connectivity index (χ0v) is 16.8. The molecule has 0 radical (unpaired) electrons. The van der Waals surface area contributed by atoms with Gasteiger partial charge in [-0.1, -0.05) is 97.6 Å². The molecule has 0 aromatic heterocycles. The highest BCUT2D eigenvalue weighted by molar-refractivity contribution is 6.00. The van der Waals surface area contributed by atoms with Crippen molar-refractivity contribution in [1.82, 2.24) is 9.80 Å². The second kappa shape index (κ2) is 8.78. The first-order valence-corrected chi connectivity index (χ1v) is 10.1. The van der Waals surface area contributed by atoms with Gasteiger partial charge in [0.2, 0.25) is 5.91 Å². The lowest BCUT2D eigenvalue weighted by atomic mass is 9.92. The highest BCUT2D eigenvalue weighted by atomic mass is 16.2. The van der Waals surface area contributed by atoms with Gasteiger partial charge >= 0.3 is 6.03 Å². The quantitative estimate of drug-likeness (QED) is 0.587. The molecule has 1 aliphatic heterocycles. The summed E-state index contributed by atoms with van der Waals surface area (Å²) in [6.07, 6.45) is 0.516. The maximum atomic E-state index is 13.4. The van der Waals surface area contributed by atoms with Crippen LogP contribution in [-0.4, -0.2) is 21.7 Å². The van der Waals surface area contributed by atoms with Crippen LogP contribution in [0.25, 0.3) is 0 Å². The molecule has 1 saturated heterocycles. The second-order valence-corrected chi connectivity index (χ2v) is 7.50. The van der Waals surface area contributed by atoms with Gasteiger partial charge in [-0.05, 0) is 23.1 Å². The maximum Gasteiger partial charge on any atom is 0.331 e. The summed E-state index contributed by atoms with van der Waals surface area (Å²) in [5, 5.41) is 0. The fourth-order valence-corrected chi connectivity index (χ4v) is 3.78. The topological polar surface area (TPSA) is 40.6 Å². The van der Waals surface area contributed by atoms with Crippen LogP contribution in [0.1, 0.15) is 16.7 Å². The first-order valence-electron chi connectivity index (χ1n) is 10.1. The van der Waals surface area contributed by atoms with Gasteiger partial charge in [-0.2, -0.15) is 0 Å². The summed E-state index contributed by atoms with van der Waals surface area (Å²) in [5.74, 6) is -0.667. The van der Waals surface area contributed by atoms with Gasteiger partial charge in [-0.25, -0.2) is 4.79 Å². The molecule has 1 atom stereocenters. The minimum atomic E-state index is -0.475. The number of carbonyl (C=O) groups is 2. The number of imide groups is 1. The highest BCUT2D eigenvalue weighted by Crippen LogP contribution is 2.30. The van der Waals surface area contributed by atoms with Crippen LogP contribution in [0.5, 0.6) is 0 Å². The first-order chi connectivity index (χ1) is 14.6. The molecule has 3 aromatic carbocycles. The van der Waals surface area contributed by atoms with Crippen LogP contribution in [0.15, 0.2) is 103 Å². The summed E-state index contributed by atoms with van der Waals surface area (Å²) >= 11 is 0. The molecule has 0 aliphatic carbocycles. The number of hydrogen-bond acceptors (Lipinski definition) is 2. The molecule has 150 valence electrons. The molecule has 0 spiro atoms. The number of urea groups is 1. The lowest BCUT2D eigenvalue weighted by Crippen LogP contribution is -2.54. The lowest BCUT2D eigenvalue weighted by molar-refractivity contribution is -0.134. The van der Waals surface area contributed by atoms with Crippen molar-refractivity contribution in [2.45, 2.75) is 19.5 Å². The largest absolute Gasteiger partial charge is 0.331 e. The molecule has 4 heteroatoms. The van der Waals surface area contributed by atoms with Gasteiger partial charge in [0.15, 0.2) is 0 Å². The SMILES string of the molecule is C=C1C(Cc2ccccc2)C(=O)N(Cc2ccccc2)C(=O)N1Cc1ccccc1. The number of nitrogens with zero attached hydrogens (tertiary/aromatic N) is 2. The molecule has 3 amide bonds. The van der Waals surface area contributed by atoms with Crippen LogP contribution in [0, 0.1) is 5.92 Å². The normalized spacial score (nSPS) is 16.8. The van der Waals surface area contributed by atoms with Gasteiger partial charge < -0.3 is 0 Å². The van der Waals surface area contributed by atoms with Crippen LogP contribution in [0.3, 0.4) is 0 Å². The summed E-state index contributed by atoms with van der Waals surface area (Å²) in [7, 11) is 0. The molecule has 0 saturated carbocycles. The Morgan fingerprint density at radius 1 is 0.633 bits per heavy atom. The summed E-state index contributed by atoms with van der Waals surface area (Å²) in [6, 6.07) is 28.9. The number of rotatable bonds is 6. The van der Waals surface area contributed by atoms with E-state index in [0.717, 1.165) is 16.7 Å². The molecule has 1 aliphatic rings. The Morgan fingerprint density at radius 3 is 1.57 bits per heavy atom. The number of benzene rings is 3. The predicted molar refractivity (Wildman–Crippen MR) is 117 cm³/mol. The van der Waals surface area contributed by atoms with Crippen molar-refractivity contribution in [2.24, 2.45) is 5.92 Å². The molecule has 30 heavy (non-hydrogen) atoms. The maximum absolute atomic E-state index is 13.4. The van der Waals surface area contributed by atoms with Gasteiger partial charge in [0.1, 0.15) is 0 Å². The van der Waals surface area contributed by atoms with Crippen molar-refractivity contribution in [3.05, 3.63) is 120 Å². The second-order valence-electron chi connectivity index (χ2n) is 7.50. The van der Waals surface area contributed by atoms with Crippen LogP contribution in [0.4, 0.5) is 4.79 Å². The van der Waals surface area contributed by atoms with Gasteiger partial charge in [-0.15, -0.1) is 0 Å². The summed E-state index contributed by atoms with van der Waals surface area (Å²) in [5.41, 5.74) is 3.52. The fraction of sp³-hybridized carbons (Fsp3) is 0.154. The van der Waals surface area contributed by atoms with Crippen molar-refractivity contribution >= 4 is 11.9 Å². The minimum absolute atomic E-state index is 0.193. The predicted octanol–water partition coefficient (Wildman–Crippen LogP) is 5.02.